The zero-order valence-corrected chi connectivity index (χ0v) is 12.9. The molecular formula is C12H16Cl2N2O2S. The molecule has 1 saturated heterocycles. The highest BCUT2D eigenvalue weighted by molar-refractivity contribution is 7.89. The Labute approximate surface area is 123 Å². The highest BCUT2D eigenvalue weighted by atomic mass is 35.5. The Bertz CT molecular complexity index is 543. The molecule has 1 atom stereocenters. The molecule has 7 heteroatoms. The first-order valence-corrected chi connectivity index (χ1v) is 8.26. The van der Waals surface area contributed by atoms with Gasteiger partial charge in [-0.25, -0.2) is 8.42 Å². The van der Waals surface area contributed by atoms with Crippen LogP contribution in [-0.4, -0.2) is 38.9 Å². The minimum absolute atomic E-state index is 0.154. The lowest BCUT2D eigenvalue weighted by molar-refractivity contribution is 0.293. The summed E-state index contributed by atoms with van der Waals surface area (Å²) in [4.78, 5) is 0.154. The second-order valence-corrected chi connectivity index (χ2v) is 7.41. The van der Waals surface area contributed by atoms with E-state index in [-0.39, 0.29) is 10.9 Å². The van der Waals surface area contributed by atoms with Crippen LogP contribution in [0.2, 0.25) is 10.0 Å². The fourth-order valence-electron chi connectivity index (χ4n) is 2.22. The average molecular weight is 323 g/mol. The van der Waals surface area contributed by atoms with E-state index in [2.05, 4.69) is 5.32 Å². The summed E-state index contributed by atoms with van der Waals surface area (Å²) in [5.74, 6) is 0. The van der Waals surface area contributed by atoms with Crippen molar-refractivity contribution in [2.75, 3.05) is 20.1 Å². The third-order valence-corrected chi connectivity index (χ3v) is 5.55. The van der Waals surface area contributed by atoms with E-state index >= 15 is 0 Å². The molecular weight excluding hydrogens is 307 g/mol. The summed E-state index contributed by atoms with van der Waals surface area (Å²) < 4.78 is 26.6. The van der Waals surface area contributed by atoms with Crippen LogP contribution in [0, 0.1) is 0 Å². The van der Waals surface area contributed by atoms with Gasteiger partial charge >= 0.3 is 0 Å². The van der Waals surface area contributed by atoms with Gasteiger partial charge in [0.1, 0.15) is 0 Å². The summed E-state index contributed by atoms with van der Waals surface area (Å²) >= 11 is 11.7. The minimum Gasteiger partial charge on any atom is -0.316 e. The predicted molar refractivity (Wildman–Crippen MR) is 77.3 cm³/mol. The topological polar surface area (TPSA) is 49.4 Å². The van der Waals surface area contributed by atoms with Crippen molar-refractivity contribution in [3.63, 3.8) is 0 Å². The van der Waals surface area contributed by atoms with Crippen LogP contribution < -0.4 is 5.32 Å². The number of benzene rings is 1. The van der Waals surface area contributed by atoms with Crippen LogP contribution in [0.3, 0.4) is 0 Å². The summed E-state index contributed by atoms with van der Waals surface area (Å²) in [7, 11) is -1.68. The highest BCUT2D eigenvalue weighted by Crippen LogP contribution is 2.26. The maximum absolute atomic E-state index is 12.5. The van der Waals surface area contributed by atoms with E-state index in [9.17, 15) is 8.42 Å². The van der Waals surface area contributed by atoms with Crippen molar-refractivity contribution in [3.05, 3.63) is 28.2 Å². The molecule has 1 aliphatic rings. The van der Waals surface area contributed by atoms with Gasteiger partial charge in [0.25, 0.3) is 0 Å². The number of hydrogen-bond acceptors (Lipinski definition) is 3. The Morgan fingerprint density at radius 1 is 1.26 bits per heavy atom. The average Bonchev–Trinajstić information content (AvgIpc) is 2.37. The van der Waals surface area contributed by atoms with Gasteiger partial charge in [-0.15, -0.1) is 0 Å². The molecule has 0 saturated carbocycles. The molecule has 106 valence electrons. The van der Waals surface area contributed by atoms with Crippen molar-refractivity contribution in [2.24, 2.45) is 0 Å². The van der Waals surface area contributed by atoms with E-state index in [1.54, 1.807) is 0 Å². The molecule has 1 unspecified atom stereocenters. The summed E-state index contributed by atoms with van der Waals surface area (Å²) in [6, 6.07) is 4.59. The van der Waals surface area contributed by atoms with Gasteiger partial charge in [0.15, 0.2) is 0 Å². The van der Waals surface area contributed by atoms with Gasteiger partial charge in [0.2, 0.25) is 10.0 Å². The number of piperidine rings is 1. The Morgan fingerprint density at radius 2 is 1.89 bits per heavy atom. The van der Waals surface area contributed by atoms with Gasteiger partial charge in [0, 0.05) is 29.2 Å². The molecule has 0 radical (unpaired) electrons. The zero-order chi connectivity index (χ0) is 14.0. The highest BCUT2D eigenvalue weighted by Gasteiger charge is 2.30. The molecule has 1 aromatic rings. The summed E-state index contributed by atoms with van der Waals surface area (Å²) in [6.07, 6.45) is 1.83. The molecule has 0 amide bonds. The van der Waals surface area contributed by atoms with E-state index in [1.165, 1.54) is 22.5 Å². The first kappa shape index (κ1) is 15.1. The van der Waals surface area contributed by atoms with Crippen LogP contribution in [0.25, 0.3) is 0 Å². The quantitative estimate of drug-likeness (QED) is 0.929. The molecule has 19 heavy (non-hydrogen) atoms. The van der Waals surface area contributed by atoms with E-state index < -0.39 is 10.0 Å². The maximum atomic E-state index is 12.5. The molecule has 0 bridgehead atoms. The van der Waals surface area contributed by atoms with Crippen molar-refractivity contribution in [3.8, 4) is 0 Å². The van der Waals surface area contributed by atoms with E-state index in [4.69, 9.17) is 23.2 Å². The molecule has 1 N–H and O–H groups in total. The molecule has 4 nitrogen and oxygen atoms in total. The molecule has 1 aromatic carbocycles. The Kier molecular flexibility index (Phi) is 4.74. The van der Waals surface area contributed by atoms with Gasteiger partial charge in [-0.3, -0.25) is 0 Å². The number of sulfonamides is 1. The van der Waals surface area contributed by atoms with E-state index in [0.717, 1.165) is 12.8 Å². The smallest absolute Gasteiger partial charge is 0.243 e. The predicted octanol–water partition coefficient (Wildman–Crippen LogP) is 2.37. The van der Waals surface area contributed by atoms with Crippen molar-refractivity contribution in [1.29, 1.82) is 0 Å². The first-order chi connectivity index (χ1) is 8.93. The molecule has 2 rings (SSSR count). The molecule has 0 aromatic heterocycles. The normalized spacial score (nSPS) is 21.5. The van der Waals surface area contributed by atoms with Gasteiger partial charge in [-0.2, -0.15) is 4.31 Å². The van der Waals surface area contributed by atoms with Crippen molar-refractivity contribution >= 4 is 33.2 Å². The maximum Gasteiger partial charge on any atom is 0.243 e. The Morgan fingerprint density at radius 3 is 2.47 bits per heavy atom. The lowest BCUT2D eigenvalue weighted by Gasteiger charge is -2.31. The Balaban J connectivity index is 2.31. The fourth-order valence-corrected chi connectivity index (χ4v) is 4.47. The summed E-state index contributed by atoms with van der Waals surface area (Å²) in [5.41, 5.74) is 0. The molecule has 1 fully saturated rings. The number of nitrogens with one attached hydrogen (secondary N) is 1. The number of hydrogen-bond donors (Lipinski definition) is 1. The van der Waals surface area contributed by atoms with Crippen molar-refractivity contribution in [1.82, 2.24) is 9.62 Å². The third-order valence-electron chi connectivity index (χ3n) is 3.27. The fraction of sp³-hybridized carbons (Fsp3) is 0.500. The Hall–Kier alpha value is -0.330. The van der Waals surface area contributed by atoms with Crippen LogP contribution in [0.1, 0.15) is 12.8 Å². The second kappa shape index (κ2) is 5.97. The summed E-state index contributed by atoms with van der Waals surface area (Å²) in [6.45, 7) is 1.01. The SMILES string of the molecule is CNC1CCCN(S(=O)(=O)c2cc(Cl)cc(Cl)c2)C1. The standard InChI is InChI=1S/C12H16Cl2N2O2S/c1-15-11-3-2-4-16(8-11)19(17,18)12-6-9(13)5-10(14)7-12/h5-7,11,15H,2-4,8H2,1H3. The van der Waals surface area contributed by atoms with Gasteiger partial charge < -0.3 is 5.32 Å². The number of nitrogens with zero attached hydrogens (tertiary/aromatic N) is 1. The lowest BCUT2D eigenvalue weighted by atomic mass is 10.1. The van der Waals surface area contributed by atoms with Crippen LogP contribution in [0.4, 0.5) is 0 Å². The number of likely N-dealkylation sites (N-methyl/N-ethyl adjacent to an activating group) is 1. The minimum atomic E-state index is -3.53. The van der Waals surface area contributed by atoms with Gasteiger partial charge in [-0.1, -0.05) is 23.2 Å². The third kappa shape index (κ3) is 3.41. The molecule has 0 spiro atoms. The molecule has 1 heterocycles. The summed E-state index contributed by atoms with van der Waals surface area (Å²) in [5, 5.41) is 3.78. The van der Waals surface area contributed by atoms with Crippen LogP contribution in [0.15, 0.2) is 23.1 Å². The van der Waals surface area contributed by atoms with Crippen molar-refractivity contribution in [2.45, 2.75) is 23.8 Å². The number of halogens is 2. The van der Waals surface area contributed by atoms with Gasteiger partial charge in [0.05, 0.1) is 4.90 Å². The van der Waals surface area contributed by atoms with Gasteiger partial charge in [-0.05, 0) is 38.1 Å². The lowest BCUT2D eigenvalue weighted by Crippen LogP contribution is -2.46. The van der Waals surface area contributed by atoms with Crippen LogP contribution in [-0.2, 0) is 10.0 Å². The largest absolute Gasteiger partial charge is 0.316 e. The van der Waals surface area contributed by atoms with E-state index in [1.807, 2.05) is 7.05 Å². The van der Waals surface area contributed by atoms with Crippen LogP contribution in [0.5, 0.6) is 0 Å². The first-order valence-electron chi connectivity index (χ1n) is 6.07. The second-order valence-electron chi connectivity index (χ2n) is 4.60. The monoisotopic (exact) mass is 322 g/mol. The molecule has 0 aliphatic carbocycles. The van der Waals surface area contributed by atoms with Crippen molar-refractivity contribution < 1.29 is 8.42 Å². The number of rotatable bonds is 3. The zero-order valence-electron chi connectivity index (χ0n) is 10.6. The van der Waals surface area contributed by atoms with E-state index in [0.29, 0.717) is 23.1 Å². The van der Waals surface area contributed by atoms with Crippen LogP contribution >= 0.6 is 23.2 Å². The molecule has 1 aliphatic heterocycles.